The lowest BCUT2D eigenvalue weighted by Crippen LogP contribution is -2.05. The normalized spacial score (nSPS) is 11.6. The van der Waals surface area contributed by atoms with Crippen LogP contribution in [0, 0.1) is 0 Å². The molecule has 0 spiro atoms. The second kappa shape index (κ2) is 5.23. The maximum Gasteiger partial charge on any atom is 0.416 e. The summed E-state index contributed by atoms with van der Waals surface area (Å²) in [7, 11) is 0. The molecule has 19 heavy (non-hydrogen) atoms. The first-order valence-corrected chi connectivity index (χ1v) is 5.96. The van der Waals surface area contributed by atoms with E-state index in [1.165, 1.54) is 6.07 Å². The first kappa shape index (κ1) is 13.9. The zero-order valence-electron chi connectivity index (χ0n) is 9.84. The molecular formula is C14H11ClF3N. The molecule has 0 aromatic heterocycles. The monoisotopic (exact) mass is 285 g/mol. The summed E-state index contributed by atoms with van der Waals surface area (Å²) in [4.78, 5) is 0. The number of halogens is 4. The molecule has 5 heteroatoms. The summed E-state index contributed by atoms with van der Waals surface area (Å²) >= 11 is 5.85. The van der Waals surface area contributed by atoms with Crippen LogP contribution in [-0.4, -0.2) is 0 Å². The second-order valence-electron chi connectivity index (χ2n) is 4.08. The first-order chi connectivity index (χ1) is 8.91. The Morgan fingerprint density at radius 3 is 2.42 bits per heavy atom. The summed E-state index contributed by atoms with van der Waals surface area (Å²) in [6.45, 7) is 0.214. The molecule has 0 bridgehead atoms. The van der Waals surface area contributed by atoms with Crippen LogP contribution in [0.1, 0.15) is 11.1 Å². The van der Waals surface area contributed by atoms with Gasteiger partial charge in [0.2, 0.25) is 0 Å². The van der Waals surface area contributed by atoms with Crippen molar-refractivity contribution in [3.8, 4) is 11.1 Å². The van der Waals surface area contributed by atoms with E-state index in [2.05, 4.69) is 0 Å². The molecule has 0 saturated heterocycles. The second-order valence-corrected chi connectivity index (χ2v) is 4.52. The molecule has 0 atom stereocenters. The van der Waals surface area contributed by atoms with E-state index in [4.69, 9.17) is 17.3 Å². The standard InChI is InChI=1S/C14H11ClF3N/c15-12-4-5-13(10(7-12)8-19)9-2-1-3-11(6-9)14(16,17)18/h1-7H,8,19H2. The van der Waals surface area contributed by atoms with Crippen LogP contribution in [0.3, 0.4) is 0 Å². The maximum atomic E-state index is 12.7. The fourth-order valence-electron chi connectivity index (χ4n) is 1.88. The van der Waals surface area contributed by atoms with Gasteiger partial charge in [-0.1, -0.05) is 29.8 Å². The van der Waals surface area contributed by atoms with E-state index in [1.807, 2.05) is 0 Å². The van der Waals surface area contributed by atoms with Crippen LogP contribution in [0.2, 0.25) is 5.02 Å². The van der Waals surface area contributed by atoms with Crippen molar-refractivity contribution in [3.05, 3.63) is 58.6 Å². The van der Waals surface area contributed by atoms with E-state index in [0.29, 0.717) is 21.7 Å². The quantitative estimate of drug-likeness (QED) is 0.865. The van der Waals surface area contributed by atoms with Crippen LogP contribution < -0.4 is 5.73 Å². The van der Waals surface area contributed by atoms with Gasteiger partial charge in [0.1, 0.15) is 0 Å². The molecule has 1 nitrogen and oxygen atoms in total. The molecule has 0 amide bonds. The van der Waals surface area contributed by atoms with Gasteiger partial charge in [-0.25, -0.2) is 0 Å². The first-order valence-electron chi connectivity index (χ1n) is 5.58. The van der Waals surface area contributed by atoms with Crippen LogP contribution in [0.5, 0.6) is 0 Å². The number of hydrogen-bond acceptors (Lipinski definition) is 1. The average molecular weight is 286 g/mol. The van der Waals surface area contributed by atoms with Gasteiger partial charge < -0.3 is 5.73 Å². The highest BCUT2D eigenvalue weighted by Gasteiger charge is 2.30. The van der Waals surface area contributed by atoms with Crippen molar-refractivity contribution >= 4 is 11.6 Å². The van der Waals surface area contributed by atoms with E-state index in [0.717, 1.165) is 12.1 Å². The van der Waals surface area contributed by atoms with Crippen LogP contribution in [-0.2, 0) is 12.7 Å². The van der Waals surface area contributed by atoms with Crippen molar-refractivity contribution in [2.75, 3.05) is 0 Å². The summed E-state index contributed by atoms with van der Waals surface area (Å²) in [6.07, 6.45) is -4.36. The van der Waals surface area contributed by atoms with Gasteiger partial charge >= 0.3 is 6.18 Å². The van der Waals surface area contributed by atoms with Crippen LogP contribution in [0.4, 0.5) is 13.2 Å². The number of nitrogens with two attached hydrogens (primary N) is 1. The lowest BCUT2D eigenvalue weighted by atomic mass is 9.98. The lowest BCUT2D eigenvalue weighted by molar-refractivity contribution is -0.137. The molecule has 100 valence electrons. The highest BCUT2D eigenvalue weighted by molar-refractivity contribution is 6.30. The topological polar surface area (TPSA) is 26.0 Å². The minimum Gasteiger partial charge on any atom is -0.326 e. The maximum absolute atomic E-state index is 12.7. The Balaban J connectivity index is 2.53. The highest BCUT2D eigenvalue weighted by Crippen LogP contribution is 2.33. The fraction of sp³-hybridized carbons (Fsp3) is 0.143. The van der Waals surface area contributed by atoms with Crippen LogP contribution in [0.15, 0.2) is 42.5 Å². The highest BCUT2D eigenvalue weighted by atomic mass is 35.5. The van der Waals surface area contributed by atoms with Gasteiger partial charge in [0, 0.05) is 11.6 Å². The molecule has 0 aliphatic heterocycles. The predicted octanol–water partition coefficient (Wildman–Crippen LogP) is 4.48. The zero-order chi connectivity index (χ0) is 14.0. The molecule has 0 unspecified atom stereocenters. The van der Waals surface area contributed by atoms with Gasteiger partial charge in [0.05, 0.1) is 5.56 Å². The summed E-state index contributed by atoms with van der Waals surface area (Å²) in [6, 6.07) is 10.1. The van der Waals surface area contributed by atoms with E-state index < -0.39 is 11.7 Å². The summed E-state index contributed by atoms with van der Waals surface area (Å²) in [5.41, 5.74) is 6.78. The molecule has 0 radical (unpaired) electrons. The molecule has 2 N–H and O–H groups in total. The molecule has 0 heterocycles. The Labute approximate surface area is 113 Å². The minimum absolute atomic E-state index is 0.214. The number of rotatable bonds is 2. The van der Waals surface area contributed by atoms with Crippen molar-refractivity contribution in [1.82, 2.24) is 0 Å². The Bertz CT molecular complexity index is 593. The summed E-state index contributed by atoms with van der Waals surface area (Å²) in [5.74, 6) is 0. The number of hydrogen-bond donors (Lipinski definition) is 1. The van der Waals surface area contributed by atoms with Gasteiger partial charge in [0.25, 0.3) is 0 Å². The number of alkyl halides is 3. The fourth-order valence-corrected chi connectivity index (χ4v) is 2.07. The Morgan fingerprint density at radius 1 is 1.05 bits per heavy atom. The van der Waals surface area contributed by atoms with E-state index in [1.54, 1.807) is 24.3 Å². The largest absolute Gasteiger partial charge is 0.416 e. The zero-order valence-corrected chi connectivity index (χ0v) is 10.6. The number of benzene rings is 2. The molecule has 2 aromatic rings. The SMILES string of the molecule is NCc1cc(Cl)ccc1-c1cccc(C(F)(F)F)c1. The van der Waals surface area contributed by atoms with Crippen molar-refractivity contribution in [1.29, 1.82) is 0 Å². The Morgan fingerprint density at radius 2 is 1.79 bits per heavy atom. The summed E-state index contributed by atoms with van der Waals surface area (Å²) < 4.78 is 38.1. The van der Waals surface area contributed by atoms with Gasteiger partial charge in [0.15, 0.2) is 0 Å². The Hall–Kier alpha value is -1.52. The minimum atomic E-state index is -4.36. The van der Waals surface area contributed by atoms with Gasteiger partial charge in [-0.15, -0.1) is 0 Å². The van der Waals surface area contributed by atoms with Gasteiger partial charge in [-0.3, -0.25) is 0 Å². The molecule has 0 fully saturated rings. The lowest BCUT2D eigenvalue weighted by Gasteiger charge is -2.12. The van der Waals surface area contributed by atoms with Crippen molar-refractivity contribution < 1.29 is 13.2 Å². The van der Waals surface area contributed by atoms with E-state index >= 15 is 0 Å². The van der Waals surface area contributed by atoms with Crippen molar-refractivity contribution in [3.63, 3.8) is 0 Å². The predicted molar refractivity (Wildman–Crippen MR) is 69.8 cm³/mol. The molecular weight excluding hydrogens is 275 g/mol. The molecule has 0 aliphatic rings. The third kappa shape index (κ3) is 3.08. The summed E-state index contributed by atoms with van der Waals surface area (Å²) in [5, 5.41) is 0.510. The molecule has 2 rings (SSSR count). The van der Waals surface area contributed by atoms with Gasteiger partial charge in [-0.05, 0) is 41.0 Å². The molecule has 0 saturated carbocycles. The van der Waals surface area contributed by atoms with Crippen molar-refractivity contribution in [2.24, 2.45) is 5.73 Å². The van der Waals surface area contributed by atoms with Crippen LogP contribution >= 0.6 is 11.6 Å². The van der Waals surface area contributed by atoms with E-state index in [9.17, 15) is 13.2 Å². The van der Waals surface area contributed by atoms with Gasteiger partial charge in [-0.2, -0.15) is 13.2 Å². The average Bonchev–Trinajstić information content (AvgIpc) is 2.37. The Kier molecular flexibility index (Phi) is 3.83. The van der Waals surface area contributed by atoms with E-state index in [-0.39, 0.29) is 6.54 Å². The smallest absolute Gasteiger partial charge is 0.326 e. The molecule has 0 aliphatic carbocycles. The third-order valence-electron chi connectivity index (χ3n) is 2.79. The molecule has 2 aromatic carbocycles. The third-order valence-corrected chi connectivity index (χ3v) is 3.02. The van der Waals surface area contributed by atoms with Crippen molar-refractivity contribution in [2.45, 2.75) is 12.7 Å². The van der Waals surface area contributed by atoms with Crippen LogP contribution in [0.25, 0.3) is 11.1 Å².